The number of hydrogen-bond donors (Lipinski definition) is 1. The predicted molar refractivity (Wildman–Crippen MR) is 144 cm³/mol. The number of nitrogens with zero attached hydrogens (tertiary/aromatic N) is 1. The Labute approximate surface area is 221 Å². The quantitative estimate of drug-likeness (QED) is 0.329. The van der Waals surface area contributed by atoms with Crippen LogP contribution in [0.15, 0.2) is 103 Å². The van der Waals surface area contributed by atoms with E-state index in [0.717, 1.165) is 16.9 Å². The standard InChI is InChI=1S/C31H28N2O5/c1-36-26-15-12-23(13-16-26)20-33(29(34)18-22-8-4-2-5-9-22)30(24-10-6-3-7-11-24)31(35)32-25-14-17-27-28(19-25)38-21-37-27/h2-17,19,30H,18,20-21H2,1H3,(H,32,35). The van der Waals surface area contributed by atoms with Crippen molar-refractivity contribution in [3.8, 4) is 17.2 Å². The fourth-order valence-corrected chi connectivity index (χ4v) is 4.42. The van der Waals surface area contributed by atoms with E-state index in [1.54, 1.807) is 30.2 Å². The van der Waals surface area contributed by atoms with Gasteiger partial charge in [0.1, 0.15) is 11.8 Å². The Bertz CT molecular complexity index is 1390. The molecule has 0 saturated heterocycles. The Kier molecular flexibility index (Phi) is 7.54. The van der Waals surface area contributed by atoms with Crippen molar-refractivity contribution < 1.29 is 23.8 Å². The summed E-state index contributed by atoms with van der Waals surface area (Å²) >= 11 is 0. The van der Waals surface area contributed by atoms with Crippen LogP contribution in [0.1, 0.15) is 22.7 Å². The fourth-order valence-electron chi connectivity index (χ4n) is 4.42. The van der Waals surface area contributed by atoms with E-state index in [-0.39, 0.29) is 31.6 Å². The zero-order chi connectivity index (χ0) is 26.3. The smallest absolute Gasteiger partial charge is 0.251 e. The number of nitrogens with one attached hydrogen (secondary N) is 1. The number of amides is 2. The molecule has 5 rings (SSSR count). The molecule has 0 fully saturated rings. The maximum absolute atomic E-state index is 13.9. The minimum atomic E-state index is -0.875. The minimum absolute atomic E-state index is 0.142. The van der Waals surface area contributed by atoms with Crippen LogP contribution in [0.5, 0.6) is 17.2 Å². The van der Waals surface area contributed by atoms with Gasteiger partial charge in [-0.05, 0) is 41.0 Å². The molecule has 0 saturated carbocycles. The molecule has 1 atom stereocenters. The van der Waals surface area contributed by atoms with E-state index < -0.39 is 6.04 Å². The molecular formula is C31H28N2O5. The highest BCUT2D eigenvalue weighted by atomic mass is 16.7. The van der Waals surface area contributed by atoms with Crippen LogP contribution in [0.2, 0.25) is 0 Å². The molecule has 7 heteroatoms. The summed E-state index contributed by atoms with van der Waals surface area (Å²) < 4.78 is 16.1. The highest BCUT2D eigenvalue weighted by Gasteiger charge is 2.32. The first-order valence-electron chi connectivity index (χ1n) is 12.3. The second-order valence-electron chi connectivity index (χ2n) is 8.90. The average Bonchev–Trinajstić information content (AvgIpc) is 3.42. The first-order valence-corrected chi connectivity index (χ1v) is 12.3. The van der Waals surface area contributed by atoms with Crippen LogP contribution in [-0.4, -0.2) is 30.6 Å². The molecule has 38 heavy (non-hydrogen) atoms. The van der Waals surface area contributed by atoms with Crippen molar-refractivity contribution in [2.45, 2.75) is 19.0 Å². The summed E-state index contributed by atoms with van der Waals surface area (Å²) in [4.78, 5) is 29.4. The van der Waals surface area contributed by atoms with Gasteiger partial charge in [0, 0.05) is 18.3 Å². The summed E-state index contributed by atoms with van der Waals surface area (Å²) in [5, 5.41) is 2.99. The summed E-state index contributed by atoms with van der Waals surface area (Å²) in [6.07, 6.45) is 0.164. The number of carbonyl (C=O) groups is 2. The number of hydrogen-bond acceptors (Lipinski definition) is 5. The van der Waals surface area contributed by atoms with Crippen LogP contribution in [0.25, 0.3) is 0 Å². The molecule has 4 aromatic rings. The van der Waals surface area contributed by atoms with E-state index in [0.29, 0.717) is 22.7 Å². The predicted octanol–water partition coefficient (Wildman–Crippen LogP) is 5.38. The lowest BCUT2D eigenvalue weighted by Crippen LogP contribution is -2.41. The van der Waals surface area contributed by atoms with E-state index >= 15 is 0 Å². The molecular weight excluding hydrogens is 480 g/mol. The zero-order valence-corrected chi connectivity index (χ0v) is 21.0. The lowest BCUT2D eigenvalue weighted by Gasteiger charge is -2.32. The van der Waals surface area contributed by atoms with E-state index in [1.165, 1.54) is 0 Å². The molecule has 192 valence electrons. The average molecular weight is 509 g/mol. The van der Waals surface area contributed by atoms with Gasteiger partial charge >= 0.3 is 0 Å². The minimum Gasteiger partial charge on any atom is -0.497 e. The third kappa shape index (κ3) is 5.78. The number of carbonyl (C=O) groups excluding carboxylic acids is 2. The van der Waals surface area contributed by atoms with Gasteiger partial charge in [-0.1, -0.05) is 72.8 Å². The van der Waals surface area contributed by atoms with Gasteiger partial charge in [-0.25, -0.2) is 0 Å². The first kappa shape index (κ1) is 24.9. The van der Waals surface area contributed by atoms with Crippen molar-refractivity contribution in [2.75, 3.05) is 19.2 Å². The third-order valence-electron chi connectivity index (χ3n) is 6.35. The molecule has 2 amide bonds. The van der Waals surface area contributed by atoms with Gasteiger partial charge in [0.2, 0.25) is 12.7 Å². The van der Waals surface area contributed by atoms with Gasteiger partial charge in [0.25, 0.3) is 5.91 Å². The first-order chi connectivity index (χ1) is 18.6. The topological polar surface area (TPSA) is 77.1 Å². The Balaban J connectivity index is 1.49. The van der Waals surface area contributed by atoms with Crippen LogP contribution < -0.4 is 19.5 Å². The Morgan fingerprint density at radius 2 is 1.53 bits per heavy atom. The second kappa shape index (κ2) is 11.5. The Morgan fingerprint density at radius 1 is 0.842 bits per heavy atom. The van der Waals surface area contributed by atoms with E-state index in [1.807, 2.05) is 84.9 Å². The highest BCUT2D eigenvalue weighted by Crippen LogP contribution is 2.35. The third-order valence-corrected chi connectivity index (χ3v) is 6.35. The van der Waals surface area contributed by atoms with Crippen molar-refractivity contribution in [1.82, 2.24) is 4.90 Å². The lowest BCUT2D eigenvalue weighted by molar-refractivity contribution is -0.139. The van der Waals surface area contributed by atoms with Gasteiger partial charge in [-0.15, -0.1) is 0 Å². The number of benzene rings is 4. The van der Waals surface area contributed by atoms with Crippen LogP contribution >= 0.6 is 0 Å². The van der Waals surface area contributed by atoms with Crippen molar-refractivity contribution >= 4 is 17.5 Å². The summed E-state index contributed by atoms with van der Waals surface area (Å²) in [6.45, 7) is 0.382. The van der Waals surface area contributed by atoms with Gasteiger partial charge in [0.05, 0.1) is 13.5 Å². The molecule has 0 bridgehead atoms. The van der Waals surface area contributed by atoms with Gasteiger partial charge in [0.15, 0.2) is 11.5 Å². The number of anilines is 1. The largest absolute Gasteiger partial charge is 0.497 e. The maximum Gasteiger partial charge on any atom is 0.251 e. The molecule has 1 heterocycles. The van der Waals surface area contributed by atoms with Crippen molar-refractivity contribution in [2.24, 2.45) is 0 Å². The van der Waals surface area contributed by atoms with Crippen LogP contribution in [0.3, 0.4) is 0 Å². The number of fused-ring (bicyclic) bond motifs is 1. The van der Waals surface area contributed by atoms with Gasteiger partial charge < -0.3 is 24.4 Å². The van der Waals surface area contributed by atoms with Crippen LogP contribution in [-0.2, 0) is 22.6 Å². The van der Waals surface area contributed by atoms with Gasteiger partial charge in [-0.3, -0.25) is 9.59 Å². The van der Waals surface area contributed by atoms with Crippen molar-refractivity contribution in [1.29, 1.82) is 0 Å². The fraction of sp³-hybridized carbons (Fsp3) is 0.161. The molecule has 4 aromatic carbocycles. The van der Waals surface area contributed by atoms with E-state index in [2.05, 4.69) is 5.32 Å². The zero-order valence-electron chi connectivity index (χ0n) is 21.0. The SMILES string of the molecule is COc1ccc(CN(C(=O)Cc2ccccc2)C(C(=O)Nc2ccc3c(c2)OCO3)c2ccccc2)cc1. The van der Waals surface area contributed by atoms with Crippen molar-refractivity contribution in [3.05, 3.63) is 120 Å². The highest BCUT2D eigenvalue weighted by molar-refractivity contribution is 5.98. The van der Waals surface area contributed by atoms with E-state index in [4.69, 9.17) is 14.2 Å². The number of ether oxygens (including phenoxy) is 3. The Hall–Kier alpha value is -4.78. The molecule has 1 aliphatic heterocycles. The second-order valence-corrected chi connectivity index (χ2v) is 8.90. The maximum atomic E-state index is 13.9. The normalized spacial score (nSPS) is 12.4. The lowest BCUT2D eigenvalue weighted by atomic mass is 10.0. The molecule has 0 spiro atoms. The molecule has 7 nitrogen and oxygen atoms in total. The van der Waals surface area contributed by atoms with Crippen LogP contribution in [0, 0.1) is 0 Å². The Morgan fingerprint density at radius 3 is 2.24 bits per heavy atom. The van der Waals surface area contributed by atoms with Gasteiger partial charge in [-0.2, -0.15) is 0 Å². The molecule has 1 N–H and O–H groups in total. The van der Waals surface area contributed by atoms with Crippen molar-refractivity contribution in [3.63, 3.8) is 0 Å². The molecule has 1 aliphatic rings. The van der Waals surface area contributed by atoms with E-state index in [9.17, 15) is 9.59 Å². The summed E-state index contributed by atoms with van der Waals surface area (Å²) in [6, 6.07) is 30.7. The summed E-state index contributed by atoms with van der Waals surface area (Å²) in [5.74, 6) is 1.42. The molecule has 0 aliphatic carbocycles. The molecule has 0 aromatic heterocycles. The van der Waals surface area contributed by atoms with Crippen LogP contribution in [0.4, 0.5) is 5.69 Å². The molecule has 0 radical (unpaired) electrons. The molecule has 1 unspecified atom stereocenters. The summed E-state index contributed by atoms with van der Waals surface area (Å²) in [5.41, 5.74) is 3.02. The summed E-state index contributed by atoms with van der Waals surface area (Å²) in [7, 11) is 1.61. The number of rotatable bonds is 9. The monoisotopic (exact) mass is 508 g/mol. The number of methoxy groups -OCH3 is 1.